The van der Waals surface area contributed by atoms with Gasteiger partial charge >= 0.3 is 5.97 Å². The minimum atomic E-state index is -0.984. The molecule has 0 spiro atoms. The molecule has 1 aliphatic rings. The van der Waals surface area contributed by atoms with Crippen molar-refractivity contribution in [3.8, 4) is 0 Å². The lowest BCUT2D eigenvalue weighted by Gasteiger charge is -2.23. The summed E-state index contributed by atoms with van der Waals surface area (Å²) in [5.74, 6) is 0.982. The Kier molecular flexibility index (Phi) is 6.07. The fourth-order valence-corrected chi connectivity index (χ4v) is 3.45. The predicted octanol–water partition coefficient (Wildman–Crippen LogP) is 2.50. The Morgan fingerprint density at radius 1 is 1.35 bits per heavy atom. The third kappa shape index (κ3) is 4.06. The fourth-order valence-electron chi connectivity index (χ4n) is 2.82. The van der Waals surface area contributed by atoms with Crippen molar-refractivity contribution in [3.63, 3.8) is 0 Å². The van der Waals surface area contributed by atoms with Gasteiger partial charge in [-0.1, -0.05) is 19.1 Å². The van der Waals surface area contributed by atoms with Gasteiger partial charge < -0.3 is 14.7 Å². The van der Waals surface area contributed by atoms with E-state index < -0.39 is 11.4 Å². The summed E-state index contributed by atoms with van der Waals surface area (Å²) >= 11 is 1.83. The zero-order chi connectivity index (χ0) is 16.9. The SMILES string of the molecule is CCSCc1ccc(C(=O)N2CCC(COC)(C(=O)O)C2)cc1. The molecule has 5 nitrogen and oxygen atoms in total. The number of carbonyl (C=O) groups excluding carboxylic acids is 1. The van der Waals surface area contributed by atoms with Gasteiger partial charge in [0.15, 0.2) is 0 Å². The molecule has 1 unspecified atom stereocenters. The Labute approximate surface area is 141 Å². The summed E-state index contributed by atoms with van der Waals surface area (Å²) in [4.78, 5) is 25.7. The number of carboxylic acid groups (broad SMARTS) is 1. The lowest BCUT2D eigenvalue weighted by molar-refractivity contribution is -0.151. The summed E-state index contributed by atoms with van der Waals surface area (Å²) in [5.41, 5.74) is 0.810. The van der Waals surface area contributed by atoms with Crippen LogP contribution < -0.4 is 0 Å². The molecule has 1 amide bonds. The van der Waals surface area contributed by atoms with Crippen LogP contribution in [0.1, 0.15) is 29.3 Å². The average molecular weight is 337 g/mol. The van der Waals surface area contributed by atoms with Crippen molar-refractivity contribution in [2.45, 2.75) is 19.1 Å². The zero-order valence-electron chi connectivity index (χ0n) is 13.6. The Balaban J connectivity index is 2.05. The number of likely N-dealkylation sites (tertiary alicyclic amines) is 1. The van der Waals surface area contributed by atoms with E-state index >= 15 is 0 Å². The molecule has 6 heteroatoms. The molecule has 1 fully saturated rings. The van der Waals surface area contributed by atoms with Gasteiger partial charge in [0.05, 0.1) is 6.61 Å². The number of benzene rings is 1. The van der Waals surface area contributed by atoms with Crippen LogP contribution in [-0.2, 0) is 15.3 Å². The highest BCUT2D eigenvalue weighted by atomic mass is 32.2. The first-order valence-electron chi connectivity index (χ1n) is 7.70. The summed E-state index contributed by atoms with van der Waals surface area (Å²) in [6.45, 7) is 2.88. The Hall–Kier alpha value is -1.53. The maximum atomic E-state index is 12.6. The third-order valence-electron chi connectivity index (χ3n) is 4.19. The fraction of sp³-hybridized carbons (Fsp3) is 0.529. The number of ether oxygens (including phenoxy) is 1. The smallest absolute Gasteiger partial charge is 0.313 e. The molecule has 1 aliphatic heterocycles. The number of amides is 1. The number of carboxylic acids is 1. The minimum absolute atomic E-state index is 0.112. The second-order valence-corrected chi connectivity index (χ2v) is 7.10. The molecule has 1 N–H and O–H groups in total. The zero-order valence-corrected chi connectivity index (χ0v) is 14.4. The van der Waals surface area contributed by atoms with E-state index in [2.05, 4.69) is 6.92 Å². The van der Waals surface area contributed by atoms with E-state index in [1.807, 2.05) is 36.0 Å². The Morgan fingerprint density at radius 2 is 2.04 bits per heavy atom. The van der Waals surface area contributed by atoms with Gasteiger partial charge in [-0.2, -0.15) is 11.8 Å². The Morgan fingerprint density at radius 3 is 2.61 bits per heavy atom. The van der Waals surface area contributed by atoms with Crippen LogP contribution in [0.4, 0.5) is 0 Å². The second-order valence-electron chi connectivity index (χ2n) is 5.83. The Bertz CT molecular complexity index is 560. The van der Waals surface area contributed by atoms with Crippen LogP contribution in [0.25, 0.3) is 0 Å². The molecule has 0 saturated carbocycles. The number of rotatable bonds is 7. The van der Waals surface area contributed by atoms with Crippen LogP contribution >= 0.6 is 11.8 Å². The number of hydrogen-bond donors (Lipinski definition) is 1. The van der Waals surface area contributed by atoms with E-state index in [1.165, 1.54) is 12.7 Å². The van der Waals surface area contributed by atoms with Gasteiger partial charge in [0.25, 0.3) is 5.91 Å². The normalized spacial score (nSPS) is 20.7. The number of methoxy groups -OCH3 is 1. The third-order valence-corrected chi connectivity index (χ3v) is 5.13. The van der Waals surface area contributed by atoms with Crippen molar-refractivity contribution < 1.29 is 19.4 Å². The number of carbonyl (C=O) groups is 2. The predicted molar refractivity (Wildman–Crippen MR) is 90.7 cm³/mol. The lowest BCUT2D eigenvalue weighted by atomic mass is 9.88. The van der Waals surface area contributed by atoms with Crippen molar-refractivity contribution in [1.82, 2.24) is 4.90 Å². The van der Waals surface area contributed by atoms with Crippen LogP contribution in [-0.4, -0.2) is 54.4 Å². The highest BCUT2D eigenvalue weighted by Gasteiger charge is 2.46. The standard InChI is InChI=1S/C17H23NO4S/c1-3-23-10-13-4-6-14(7-5-13)15(19)18-9-8-17(11-18,12-22-2)16(20)21/h4-7H,3,8-12H2,1-2H3,(H,20,21). The van der Waals surface area contributed by atoms with Crippen LogP contribution in [0.2, 0.25) is 0 Å². The molecule has 1 aromatic carbocycles. The number of hydrogen-bond acceptors (Lipinski definition) is 4. The molecule has 23 heavy (non-hydrogen) atoms. The first-order valence-corrected chi connectivity index (χ1v) is 8.86. The topological polar surface area (TPSA) is 66.8 Å². The van der Waals surface area contributed by atoms with E-state index in [4.69, 9.17) is 4.74 Å². The molecule has 1 atom stereocenters. The largest absolute Gasteiger partial charge is 0.481 e. The van der Waals surface area contributed by atoms with Gasteiger partial charge in [0, 0.05) is 31.5 Å². The molecule has 0 radical (unpaired) electrons. The van der Waals surface area contributed by atoms with Crippen LogP contribution in [0, 0.1) is 5.41 Å². The summed E-state index contributed by atoms with van der Waals surface area (Å²) in [6, 6.07) is 7.58. The van der Waals surface area contributed by atoms with Gasteiger partial charge in [0.1, 0.15) is 5.41 Å². The van der Waals surface area contributed by atoms with E-state index in [0.717, 1.165) is 11.5 Å². The highest BCUT2D eigenvalue weighted by Crippen LogP contribution is 2.32. The van der Waals surface area contributed by atoms with Crippen molar-refractivity contribution in [2.24, 2.45) is 5.41 Å². The average Bonchev–Trinajstić information content (AvgIpc) is 2.99. The van der Waals surface area contributed by atoms with Gasteiger partial charge in [-0.3, -0.25) is 9.59 Å². The van der Waals surface area contributed by atoms with E-state index in [1.54, 1.807) is 4.90 Å². The summed E-state index contributed by atoms with van der Waals surface area (Å²) in [7, 11) is 1.49. The van der Waals surface area contributed by atoms with E-state index in [9.17, 15) is 14.7 Å². The van der Waals surface area contributed by atoms with Crippen LogP contribution in [0.15, 0.2) is 24.3 Å². The molecule has 0 aromatic heterocycles. The quantitative estimate of drug-likeness (QED) is 0.828. The molecule has 1 saturated heterocycles. The van der Waals surface area contributed by atoms with Crippen molar-refractivity contribution >= 4 is 23.6 Å². The molecule has 2 rings (SSSR count). The van der Waals surface area contributed by atoms with Crippen molar-refractivity contribution in [2.75, 3.05) is 32.6 Å². The monoisotopic (exact) mass is 337 g/mol. The summed E-state index contributed by atoms with van der Waals surface area (Å²) < 4.78 is 5.06. The first-order chi connectivity index (χ1) is 11.0. The van der Waals surface area contributed by atoms with Gasteiger partial charge in [-0.15, -0.1) is 0 Å². The second kappa shape index (κ2) is 7.84. The first kappa shape index (κ1) is 17.8. The van der Waals surface area contributed by atoms with Crippen LogP contribution in [0.5, 0.6) is 0 Å². The van der Waals surface area contributed by atoms with Crippen molar-refractivity contribution in [1.29, 1.82) is 0 Å². The van der Waals surface area contributed by atoms with Gasteiger partial charge in [-0.25, -0.2) is 0 Å². The molecule has 126 valence electrons. The molecule has 0 bridgehead atoms. The molecular formula is C17H23NO4S. The summed E-state index contributed by atoms with van der Waals surface area (Å²) in [6.07, 6.45) is 0.424. The van der Waals surface area contributed by atoms with E-state index in [0.29, 0.717) is 18.5 Å². The molecule has 1 aromatic rings. The minimum Gasteiger partial charge on any atom is -0.481 e. The molecule has 1 heterocycles. The number of thioether (sulfide) groups is 1. The highest BCUT2D eigenvalue weighted by molar-refractivity contribution is 7.98. The number of aliphatic carboxylic acids is 1. The maximum absolute atomic E-state index is 12.6. The van der Waals surface area contributed by atoms with Gasteiger partial charge in [-0.05, 0) is 29.9 Å². The van der Waals surface area contributed by atoms with E-state index in [-0.39, 0.29) is 19.1 Å². The molecule has 0 aliphatic carbocycles. The summed E-state index contributed by atoms with van der Waals surface area (Å²) in [5, 5.41) is 9.46. The van der Waals surface area contributed by atoms with Crippen LogP contribution in [0.3, 0.4) is 0 Å². The number of nitrogens with zero attached hydrogens (tertiary/aromatic N) is 1. The van der Waals surface area contributed by atoms with Crippen molar-refractivity contribution in [3.05, 3.63) is 35.4 Å². The molecular weight excluding hydrogens is 314 g/mol. The maximum Gasteiger partial charge on any atom is 0.313 e. The van der Waals surface area contributed by atoms with Gasteiger partial charge in [0.2, 0.25) is 0 Å². The lowest BCUT2D eigenvalue weighted by Crippen LogP contribution is -2.40.